The maximum Gasteiger partial charge on any atom is 0.257 e. The molecule has 0 aliphatic carbocycles. The van der Waals surface area contributed by atoms with Gasteiger partial charge in [-0.2, -0.15) is 0 Å². The third-order valence-electron chi connectivity index (χ3n) is 6.95. The molecule has 2 aliphatic heterocycles. The molecule has 7 nitrogen and oxygen atoms in total. The number of carbonyl (C=O) groups is 2. The zero-order valence-corrected chi connectivity index (χ0v) is 20.7. The summed E-state index contributed by atoms with van der Waals surface area (Å²) in [7, 11) is 0. The van der Waals surface area contributed by atoms with Crippen LogP contribution in [0.1, 0.15) is 41.2 Å². The molecule has 1 aromatic heterocycles. The molecular formula is C25H32ClN5O2. The normalized spacial score (nSPS) is 20.7. The van der Waals surface area contributed by atoms with Gasteiger partial charge in [0.1, 0.15) is 6.33 Å². The molecule has 2 fully saturated rings. The highest BCUT2D eigenvalue weighted by Crippen LogP contribution is 2.34. The maximum atomic E-state index is 13.1. The third-order valence-corrected chi connectivity index (χ3v) is 7.36. The van der Waals surface area contributed by atoms with Crippen molar-refractivity contribution in [2.75, 3.05) is 38.0 Å². The van der Waals surface area contributed by atoms with E-state index in [9.17, 15) is 9.59 Å². The molecule has 0 bridgehead atoms. The molecule has 33 heavy (non-hydrogen) atoms. The number of hydrogen-bond acceptors (Lipinski definition) is 5. The van der Waals surface area contributed by atoms with Gasteiger partial charge in [0.15, 0.2) is 0 Å². The SMILES string of the molecule is Cc1ccc(NC(=O)C(C)(C)CN2CC3CN(C(=O)c4c(C)ncnc4C)CC3C2)cc1Cl. The number of benzene rings is 1. The molecule has 2 aliphatic rings. The number of hydrogen-bond donors (Lipinski definition) is 1. The molecule has 2 unspecified atom stereocenters. The Hall–Kier alpha value is -2.51. The van der Waals surface area contributed by atoms with Crippen molar-refractivity contribution in [3.63, 3.8) is 0 Å². The molecule has 2 amide bonds. The van der Waals surface area contributed by atoms with Crippen molar-refractivity contribution in [3.05, 3.63) is 52.1 Å². The summed E-state index contributed by atoms with van der Waals surface area (Å²) in [6.45, 7) is 13.5. The van der Waals surface area contributed by atoms with E-state index in [1.54, 1.807) is 6.07 Å². The van der Waals surface area contributed by atoms with E-state index in [-0.39, 0.29) is 11.8 Å². The summed E-state index contributed by atoms with van der Waals surface area (Å²) in [5.41, 5.74) is 3.23. The van der Waals surface area contributed by atoms with Gasteiger partial charge >= 0.3 is 0 Å². The number of aryl methyl sites for hydroxylation is 3. The number of carbonyl (C=O) groups excluding carboxylic acids is 2. The molecule has 2 atom stereocenters. The average Bonchev–Trinajstić information content (AvgIpc) is 3.28. The van der Waals surface area contributed by atoms with Gasteiger partial charge in [-0.25, -0.2) is 9.97 Å². The Morgan fingerprint density at radius 1 is 1.06 bits per heavy atom. The fourth-order valence-electron chi connectivity index (χ4n) is 5.05. The van der Waals surface area contributed by atoms with Crippen LogP contribution in [0.3, 0.4) is 0 Å². The zero-order valence-electron chi connectivity index (χ0n) is 20.0. The molecule has 176 valence electrons. The van der Waals surface area contributed by atoms with E-state index in [2.05, 4.69) is 20.2 Å². The van der Waals surface area contributed by atoms with E-state index < -0.39 is 5.41 Å². The Balaban J connectivity index is 1.34. The Kier molecular flexibility index (Phi) is 6.47. The molecule has 3 heterocycles. The van der Waals surface area contributed by atoms with Crippen molar-refractivity contribution < 1.29 is 9.59 Å². The molecular weight excluding hydrogens is 438 g/mol. The minimum Gasteiger partial charge on any atom is -0.338 e. The zero-order chi connectivity index (χ0) is 23.9. The van der Waals surface area contributed by atoms with Crippen LogP contribution in [0.2, 0.25) is 5.02 Å². The van der Waals surface area contributed by atoms with Gasteiger partial charge in [-0.3, -0.25) is 9.59 Å². The number of anilines is 1. The summed E-state index contributed by atoms with van der Waals surface area (Å²) in [4.78, 5) is 38.8. The smallest absolute Gasteiger partial charge is 0.257 e. The molecule has 0 radical (unpaired) electrons. The van der Waals surface area contributed by atoms with Crippen molar-refractivity contribution in [1.29, 1.82) is 0 Å². The summed E-state index contributed by atoms with van der Waals surface area (Å²) >= 11 is 6.20. The minimum absolute atomic E-state index is 0.0219. The first-order valence-corrected chi connectivity index (χ1v) is 11.8. The van der Waals surface area contributed by atoms with Crippen LogP contribution in [0.25, 0.3) is 0 Å². The molecule has 8 heteroatoms. The molecule has 2 saturated heterocycles. The van der Waals surface area contributed by atoms with Crippen LogP contribution in [-0.2, 0) is 4.79 Å². The topological polar surface area (TPSA) is 78.4 Å². The predicted molar refractivity (Wildman–Crippen MR) is 129 cm³/mol. The molecule has 0 saturated carbocycles. The van der Waals surface area contributed by atoms with E-state index in [1.165, 1.54) is 6.33 Å². The van der Waals surface area contributed by atoms with Gasteiger partial charge in [0.25, 0.3) is 5.91 Å². The number of likely N-dealkylation sites (tertiary alicyclic amines) is 2. The Bertz CT molecular complexity index is 1050. The van der Waals surface area contributed by atoms with E-state index in [4.69, 9.17) is 11.6 Å². The summed E-state index contributed by atoms with van der Waals surface area (Å²) in [5, 5.41) is 3.65. The van der Waals surface area contributed by atoms with E-state index in [1.807, 2.05) is 51.7 Å². The van der Waals surface area contributed by atoms with Crippen LogP contribution in [-0.4, -0.2) is 64.3 Å². The van der Waals surface area contributed by atoms with Gasteiger partial charge in [0.05, 0.1) is 22.4 Å². The fraction of sp³-hybridized carbons (Fsp3) is 0.520. The van der Waals surface area contributed by atoms with E-state index in [0.717, 1.165) is 43.1 Å². The second-order valence-electron chi connectivity index (χ2n) is 10.1. The van der Waals surface area contributed by atoms with Gasteiger partial charge < -0.3 is 15.1 Å². The number of nitrogens with one attached hydrogen (secondary N) is 1. The minimum atomic E-state index is -0.554. The predicted octanol–water partition coefficient (Wildman–Crippen LogP) is 3.72. The van der Waals surface area contributed by atoms with Crippen LogP contribution in [0.4, 0.5) is 5.69 Å². The van der Waals surface area contributed by atoms with Gasteiger partial charge in [0.2, 0.25) is 5.91 Å². The first-order valence-electron chi connectivity index (χ1n) is 11.4. The Labute approximate surface area is 200 Å². The van der Waals surface area contributed by atoms with Crippen LogP contribution >= 0.6 is 11.6 Å². The number of fused-ring (bicyclic) bond motifs is 1. The van der Waals surface area contributed by atoms with Crippen molar-refractivity contribution in [2.45, 2.75) is 34.6 Å². The summed E-state index contributed by atoms with van der Waals surface area (Å²) in [5.74, 6) is 0.859. The maximum absolute atomic E-state index is 13.1. The first kappa shape index (κ1) is 23.6. The van der Waals surface area contributed by atoms with E-state index in [0.29, 0.717) is 34.7 Å². The molecule has 1 N–H and O–H groups in total. The molecule has 4 rings (SSSR count). The molecule has 2 aromatic rings. The van der Waals surface area contributed by atoms with Crippen LogP contribution in [0.15, 0.2) is 24.5 Å². The second-order valence-corrected chi connectivity index (χ2v) is 10.6. The van der Waals surface area contributed by atoms with Crippen molar-refractivity contribution in [3.8, 4) is 0 Å². The highest BCUT2D eigenvalue weighted by atomic mass is 35.5. The van der Waals surface area contributed by atoms with Gasteiger partial charge in [-0.1, -0.05) is 17.7 Å². The highest BCUT2D eigenvalue weighted by Gasteiger charge is 2.44. The first-order chi connectivity index (χ1) is 15.5. The number of nitrogens with zero attached hydrogens (tertiary/aromatic N) is 4. The lowest BCUT2D eigenvalue weighted by Gasteiger charge is -2.30. The van der Waals surface area contributed by atoms with Crippen molar-refractivity contribution >= 4 is 29.1 Å². The molecule has 1 aromatic carbocycles. The number of aromatic nitrogens is 2. The van der Waals surface area contributed by atoms with Gasteiger partial charge in [-0.05, 0) is 64.2 Å². The van der Waals surface area contributed by atoms with Crippen LogP contribution < -0.4 is 5.32 Å². The van der Waals surface area contributed by atoms with E-state index >= 15 is 0 Å². The van der Waals surface area contributed by atoms with Crippen LogP contribution in [0.5, 0.6) is 0 Å². The molecule has 0 spiro atoms. The summed E-state index contributed by atoms with van der Waals surface area (Å²) < 4.78 is 0. The summed E-state index contributed by atoms with van der Waals surface area (Å²) in [6, 6.07) is 5.57. The Morgan fingerprint density at radius 3 is 2.24 bits per heavy atom. The average molecular weight is 470 g/mol. The monoisotopic (exact) mass is 469 g/mol. The lowest BCUT2D eigenvalue weighted by molar-refractivity contribution is -0.124. The third kappa shape index (κ3) is 4.89. The van der Waals surface area contributed by atoms with Crippen molar-refractivity contribution in [1.82, 2.24) is 19.8 Å². The lowest BCUT2D eigenvalue weighted by atomic mass is 9.91. The highest BCUT2D eigenvalue weighted by molar-refractivity contribution is 6.31. The lowest BCUT2D eigenvalue weighted by Crippen LogP contribution is -2.42. The Morgan fingerprint density at radius 2 is 1.67 bits per heavy atom. The number of halogens is 1. The summed E-state index contributed by atoms with van der Waals surface area (Å²) in [6.07, 6.45) is 1.50. The number of rotatable bonds is 5. The van der Waals surface area contributed by atoms with Gasteiger partial charge in [0, 0.05) is 43.4 Å². The quantitative estimate of drug-likeness (QED) is 0.722. The van der Waals surface area contributed by atoms with Crippen molar-refractivity contribution in [2.24, 2.45) is 17.3 Å². The van der Waals surface area contributed by atoms with Crippen LogP contribution in [0, 0.1) is 38.0 Å². The fourth-order valence-corrected chi connectivity index (χ4v) is 5.23. The largest absolute Gasteiger partial charge is 0.338 e. The number of amides is 2. The standard InChI is InChI=1S/C25H32ClN5O2/c1-15-6-7-20(8-21(15)26)29-24(33)25(4,5)13-30-9-18-11-31(12-19(18)10-30)23(32)22-16(2)27-14-28-17(22)3/h6-8,14,18-19H,9-13H2,1-5H3,(H,29,33). The second kappa shape index (κ2) is 9.03. The van der Waals surface area contributed by atoms with Gasteiger partial charge in [-0.15, -0.1) is 0 Å².